The van der Waals surface area contributed by atoms with Gasteiger partial charge >= 0.3 is 0 Å². The molecule has 4 heteroatoms. The van der Waals surface area contributed by atoms with Crippen molar-refractivity contribution in [3.05, 3.63) is 4.91 Å². The zero-order valence-corrected chi connectivity index (χ0v) is 6.82. The van der Waals surface area contributed by atoms with Gasteiger partial charge in [0.2, 0.25) is 0 Å². The van der Waals surface area contributed by atoms with Crippen molar-refractivity contribution in [2.75, 3.05) is 26.8 Å². The van der Waals surface area contributed by atoms with Crippen molar-refractivity contribution in [1.29, 1.82) is 0 Å². The Labute approximate surface area is 66.5 Å². The minimum Gasteiger partial charge on any atom is -0.384 e. The fourth-order valence-electron chi connectivity index (χ4n) is 1.40. The molecule has 1 aliphatic heterocycles. The first-order valence-corrected chi connectivity index (χ1v) is 3.94. The first-order chi connectivity index (χ1) is 5.36. The first kappa shape index (κ1) is 8.46. The van der Waals surface area contributed by atoms with Gasteiger partial charge in [0, 0.05) is 26.8 Å². The quantitative estimate of drug-likeness (QED) is 0.576. The van der Waals surface area contributed by atoms with Crippen LogP contribution >= 0.6 is 0 Å². The van der Waals surface area contributed by atoms with E-state index >= 15 is 0 Å². The Kier molecular flexibility index (Phi) is 3.29. The minimum atomic E-state index is 0.623. The van der Waals surface area contributed by atoms with Gasteiger partial charge in [-0.25, -0.2) is 0 Å². The summed E-state index contributed by atoms with van der Waals surface area (Å²) < 4.78 is 5.02. The summed E-state index contributed by atoms with van der Waals surface area (Å²) in [7, 11) is 1.71. The van der Waals surface area contributed by atoms with Crippen molar-refractivity contribution in [3.8, 4) is 0 Å². The predicted molar refractivity (Wildman–Crippen MR) is 42.0 cm³/mol. The molecule has 1 rings (SSSR count). The van der Waals surface area contributed by atoms with Crippen molar-refractivity contribution in [1.82, 2.24) is 5.01 Å². The first-order valence-electron chi connectivity index (χ1n) is 3.94. The number of rotatable bonds is 3. The van der Waals surface area contributed by atoms with Crippen LogP contribution in [0.25, 0.3) is 0 Å². The maximum absolute atomic E-state index is 10.1. The number of ether oxygens (including phenoxy) is 1. The number of hydrogen-bond donors (Lipinski definition) is 0. The van der Waals surface area contributed by atoms with Crippen LogP contribution in [0.4, 0.5) is 0 Å². The van der Waals surface area contributed by atoms with Crippen LogP contribution in [0.5, 0.6) is 0 Å². The van der Waals surface area contributed by atoms with E-state index in [1.165, 1.54) is 0 Å². The monoisotopic (exact) mass is 158 g/mol. The van der Waals surface area contributed by atoms with E-state index in [9.17, 15) is 4.91 Å². The molecule has 0 bridgehead atoms. The molecule has 11 heavy (non-hydrogen) atoms. The molecular weight excluding hydrogens is 144 g/mol. The Balaban J connectivity index is 2.18. The van der Waals surface area contributed by atoms with Gasteiger partial charge in [-0.1, -0.05) is 0 Å². The number of nitroso groups, excluding NO2 is 1. The fourth-order valence-corrected chi connectivity index (χ4v) is 1.40. The summed E-state index contributed by atoms with van der Waals surface area (Å²) in [4.78, 5) is 10.1. The SMILES string of the molecule is COCC1CCN(N=O)CC1. The molecule has 64 valence electrons. The molecule has 1 aliphatic rings. The van der Waals surface area contributed by atoms with E-state index in [2.05, 4.69) is 5.29 Å². The topological polar surface area (TPSA) is 41.9 Å². The summed E-state index contributed by atoms with van der Waals surface area (Å²) in [6, 6.07) is 0. The Morgan fingerprint density at radius 2 is 2.18 bits per heavy atom. The molecule has 1 heterocycles. The van der Waals surface area contributed by atoms with E-state index in [0.29, 0.717) is 5.92 Å². The third-order valence-electron chi connectivity index (χ3n) is 2.11. The molecule has 0 unspecified atom stereocenters. The predicted octanol–water partition coefficient (Wildman–Crippen LogP) is 1.03. The van der Waals surface area contributed by atoms with Crippen LogP contribution in [0.1, 0.15) is 12.8 Å². The lowest BCUT2D eigenvalue weighted by atomic mass is 9.99. The average molecular weight is 158 g/mol. The van der Waals surface area contributed by atoms with Crippen molar-refractivity contribution < 1.29 is 4.74 Å². The van der Waals surface area contributed by atoms with Crippen LogP contribution < -0.4 is 0 Å². The molecule has 0 saturated carbocycles. The second-order valence-electron chi connectivity index (χ2n) is 2.93. The molecule has 0 amide bonds. The Bertz CT molecular complexity index is 122. The Hall–Kier alpha value is -0.640. The molecule has 0 atom stereocenters. The highest BCUT2D eigenvalue weighted by Gasteiger charge is 2.17. The molecular formula is C7H14N2O2. The molecule has 1 fully saturated rings. The molecule has 4 nitrogen and oxygen atoms in total. The number of hydrogen-bond acceptors (Lipinski definition) is 3. The van der Waals surface area contributed by atoms with Crippen LogP contribution in [-0.2, 0) is 4.74 Å². The molecule has 1 saturated heterocycles. The highest BCUT2D eigenvalue weighted by molar-refractivity contribution is 4.69. The summed E-state index contributed by atoms with van der Waals surface area (Å²) in [5.41, 5.74) is 0. The van der Waals surface area contributed by atoms with Gasteiger partial charge in [0.1, 0.15) is 0 Å². The van der Waals surface area contributed by atoms with Crippen LogP contribution in [0.15, 0.2) is 5.29 Å². The molecule has 0 radical (unpaired) electrons. The van der Waals surface area contributed by atoms with E-state index in [-0.39, 0.29) is 0 Å². The van der Waals surface area contributed by atoms with E-state index in [1.54, 1.807) is 12.1 Å². The lowest BCUT2D eigenvalue weighted by molar-refractivity contribution is 0.100. The summed E-state index contributed by atoms with van der Waals surface area (Å²) in [6.07, 6.45) is 2.05. The summed E-state index contributed by atoms with van der Waals surface area (Å²) in [5.74, 6) is 0.623. The van der Waals surface area contributed by atoms with E-state index in [4.69, 9.17) is 4.74 Å². The second-order valence-corrected chi connectivity index (χ2v) is 2.93. The number of nitrogens with zero attached hydrogens (tertiary/aromatic N) is 2. The van der Waals surface area contributed by atoms with Crippen LogP contribution in [0.2, 0.25) is 0 Å². The molecule has 0 aromatic heterocycles. The van der Waals surface area contributed by atoms with Crippen molar-refractivity contribution in [3.63, 3.8) is 0 Å². The van der Waals surface area contributed by atoms with Crippen LogP contribution in [0.3, 0.4) is 0 Å². The van der Waals surface area contributed by atoms with Gasteiger partial charge in [-0.15, -0.1) is 4.91 Å². The van der Waals surface area contributed by atoms with Gasteiger partial charge < -0.3 is 4.74 Å². The normalized spacial score (nSPS) is 20.3. The van der Waals surface area contributed by atoms with Gasteiger partial charge in [-0.2, -0.15) is 0 Å². The van der Waals surface area contributed by atoms with Gasteiger partial charge in [0.15, 0.2) is 0 Å². The van der Waals surface area contributed by atoms with E-state index in [0.717, 1.165) is 32.5 Å². The third-order valence-corrected chi connectivity index (χ3v) is 2.11. The van der Waals surface area contributed by atoms with Gasteiger partial charge in [-0.3, -0.25) is 5.01 Å². The lowest BCUT2D eigenvalue weighted by Gasteiger charge is -2.26. The summed E-state index contributed by atoms with van der Waals surface area (Å²) in [6.45, 7) is 2.39. The number of piperidine rings is 1. The van der Waals surface area contributed by atoms with E-state index in [1.807, 2.05) is 0 Å². The van der Waals surface area contributed by atoms with Crippen LogP contribution in [0, 0.1) is 10.8 Å². The van der Waals surface area contributed by atoms with Crippen LogP contribution in [-0.4, -0.2) is 31.8 Å². The Morgan fingerprint density at radius 3 is 2.64 bits per heavy atom. The molecule has 0 spiro atoms. The smallest absolute Gasteiger partial charge is 0.0523 e. The molecule has 0 aromatic carbocycles. The third kappa shape index (κ3) is 2.46. The summed E-state index contributed by atoms with van der Waals surface area (Å²) in [5, 5.41) is 4.46. The number of methoxy groups -OCH3 is 1. The standard InChI is InChI=1S/C7H14N2O2/c1-11-6-7-2-4-9(8-10)5-3-7/h7H,2-6H2,1H3. The molecule has 0 aliphatic carbocycles. The average Bonchev–Trinajstić information content (AvgIpc) is 2.07. The minimum absolute atomic E-state index is 0.623. The highest BCUT2D eigenvalue weighted by Crippen LogP contribution is 2.16. The zero-order chi connectivity index (χ0) is 8.10. The van der Waals surface area contributed by atoms with Gasteiger partial charge in [-0.05, 0) is 18.8 Å². The Morgan fingerprint density at radius 1 is 1.55 bits per heavy atom. The molecule has 0 N–H and O–H groups in total. The van der Waals surface area contributed by atoms with Gasteiger partial charge in [0.05, 0.1) is 5.29 Å². The van der Waals surface area contributed by atoms with Crippen molar-refractivity contribution in [2.24, 2.45) is 11.2 Å². The van der Waals surface area contributed by atoms with E-state index < -0.39 is 0 Å². The van der Waals surface area contributed by atoms with Gasteiger partial charge in [0.25, 0.3) is 0 Å². The molecule has 0 aromatic rings. The highest BCUT2D eigenvalue weighted by atomic mass is 16.5. The maximum Gasteiger partial charge on any atom is 0.0523 e. The van der Waals surface area contributed by atoms with Crippen molar-refractivity contribution >= 4 is 0 Å². The fraction of sp³-hybridized carbons (Fsp3) is 1.00. The zero-order valence-electron chi connectivity index (χ0n) is 6.82. The lowest BCUT2D eigenvalue weighted by Crippen LogP contribution is -2.30. The largest absolute Gasteiger partial charge is 0.384 e. The second kappa shape index (κ2) is 4.28. The summed E-state index contributed by atoms with van der Waals surface area (Å²) >= 11 is 0. The maximum atomic E-state index is 10.1. The van der Waals surface area contributed by atoms with Crippen molar-refractivity contribution in [2.45, 2.75) is 12.8 Å².